The van der Waals surface area contributed by atoms with Crippen LogP contribution in [0.25, 0.3) is 0 Å². The molecule has 0 aliphatic rings. The lowest BCUT2D eigenvalue weighted by molar-refractivity contribution is 0.414. The van der Waals surface area contributed by atoms with Gasteiger partial charge in [-0.05, 0) is 30.3 Å². The Morgan fingerprint density at radius 3 is 2.69 bits per heavy atom. The molecule has 3 heteroatoms. The largest absolute Gasteiger partial charge is 0.485 e. The van der Waals surface area contributed by atoms with Gasteiger partial charge in [-0.1, -0.05) is 19.9 Å². The van der Waals surface area contributed by atoms with E-state index in [9.17, 15) is 0 Å². The highest BCUT2D eigenvalue weighted by Gasteiger charge is 2.05. The van der Waals surface area contributed by atoms with Crippen molar-refractivity contribution in [2.45, 2.75) is 19.8 Å². The molecule has 1 heterocycles. The summed E-state index contributed by atoms with van der Waals surface area (Å²) in [4.78, 5) is 4.38. The highest BCUT2D eigenvalue weighted by Crippen LogP contribution is 2.11. The molecule has 0 saturated carbocycles. The zero-order valence-electron chi connectivity index (χ0n) is 8.07. The number of hydrogen-bond acceptors (Lipinski definition) is 3. The molecule has 70 valence electrons. The first kappa shape index (κ1) is 10.1. The highest BCUT2D eigenvalue weighted by atomic mass is 32.1. The lowest BCUT2D eigenvalue weighted by Crippen LogP contribution is -2.05. The first-order chi connectivity index (χ1) is 6.15. The Bertz CT molecular complexity index is 310. The molecule has 13 heavy (non-hydrogen) atoms. The average molecular weight is 195 g/mol. The Kier molecular flexibility index (Phi) is 3.37. The minimum atomic E-state index is 0.416. The molecule has 0 radical (unpaired) electrons. The standard InChI is InChI=1S/C10H13NOS/c1-7(2)8-5-4-6-9(11-8)10(13)12-3/h4-7H,1-3H3. The summed E-state index contributed by atoms with van der Waals surface area (Å²) in [7, 11) is 1.56. The van der Waals surface area contributed by atoms with Crippen molar-refractivity contribution in [1.82, 2.24) is 4.98 Å². The monoisotopic (exact) mass is 195 g/mol. The molecule has 1 aromatic heterocycles. The molecule has 0 N–H and O–H groups in total. The maximum Gasteiger partial charge on any atom is 0.209 e. The van der Waals surface area contributed by atoms with Gasteiger partial charge in [-0.2, -0.15) is 0 Å². The summed E-state index contributed by atoms with van der Waals surface area (Å²) in [6, 6.07) is 5.80. The topological polar surface area (TPSA) is 22.1 Å². The molecule has 0 saturated heterocycles. The van der Waals surface area contributed by atoms with Gasteiger partial charge in [0.25, 0.3) is 0 Å². The smallest absolute Gasteiger partial charge is 0.209 e. The maximum atomic E-state index is 4.98. The molecule has 0 aromatic carbocycles. The van der Waals surface area contributed by atoms with Gasteiger partial charge in [0.05, 0.1) is 7.11 Å². The van der Waals surface area contributed by atoms with Gasteiger partial charge in [0.1, 0.15) is 5.69 Å². The summed E-state index contributed by atoms with van der Waals surface area (Å²) < 4.78 is 4.94. The van der Waals surface area contributed by atoms with E-state index in [1.807, 2.05) is 18.2 Å². The predicted octanol–water partition coefficient (Wildman–Crippen LogP) is 2.53. The first-order valence-electron chi connectivity index (χ1n) is 4.20. The summed E-state index contributed by atoms with van der Waals surface area (Å²) in [6.07, 6.45) is 0. The Balaban J connectivity index is 2.98. The fourth-order valence-corrected chi connectivity index (χ4v) is 1.10. The third-order valence-electron chi connectivity index (χ3n) is 1.76. The van der Waals surface area contributed by atoms with E-state index in [0.29, 0.717) is 11.0 Å². The van der Waals surface area contributed by atoms with E-state index < -0.39 is 0 Å². The van der Waals surface area contributed by atoms with Crippen LogP contribution in [0, 0.1) is 0 Å². The Labute approximate surface area is 83.9 Å². The van der Waals surface area contributed by atoms with Crippen LogP contribution in [-0.2, 0) is 4.74 Å². The van der Waals surface area contributed by atoms with Crippen LogP contribution in [0.3, 0.4) is 0 Å². The Morgan fingerprint density at radius 1 is 1.46 bits per heavy atom. The molecule has 0 aliphatic heterocycles. The summed E-state index contributed by atoms with van der Waals surface area (Å²) in [5, 5.41) is 0.447. The second kappa shape index (κ2) is 4.33. The van der Waals surface area contributed by atoms with Crippen molar-refractivity contribution in [3.05, 3.63) is 29.6 Å². The number of methoxy groups -OCH3 is 1. The van der Waals surface area contributed by atoms with Crippen molar-refractivity contribution < 1.29 is 4.74 Å². The molecule has 2 nitrogen and oxygen atoms in total. The Morgan fingerprint density at radius 2 is 2.15 bits per heavy atom. The number of ether oxygens (including phenoxy) is 1. The quantitative estimate of drug-likeness (QED) is 0.677. The van der Waals surface area contributed by atoms with Gasteiger partial charge in [-0.25, -0.2) is 4.98 Å². The molecule has 1 rings (SSSR count). The van der Waals surface area contributed by atoms with Crippen LogP contribution in [0.15, 0.2) is 18.2 Å². The van der Waals surface area contributed by atoms with Gasteiger partial charge in [0.15, 0.2) is 0 Å². The van der Waals surface area contributed by atoms with Gasteiger partial charge in [-0.3, -0.25) is 0 Å². The van der Waals surface area contributed by atoms with Crippen molar-refractivity contribution in [2.75, 3.05) is 7.11 Å². The molecule has 0 amide bonds. The lowest BCUT2D eigenvalue weighted by Gasteiger charge is -2.06. The number of nitrogens with zero attached hydrogens (tertiary/aromatic N) is 1. The van der Waals surface area contributed by atoms with E-state index in [0.717, 1.165) is 11.4 Å². The number of hydrogen-bond donors (Lipinski definition) is 0. The Hall–Kier alpha value is -0.960. The van der Waals surface area contributed by atoms with Gasteiger partial charge >= 0.3 is 0 Å². The third kappa shape index (κ3) is 2.49. The van der Waals surface area contributed by atoms with Crippen molar-refractivity contribution in [3.8, 4) is 0 Å². The van der Waals surface area contributed by atoms with Gasteiger partial charge in [0, 0.05) is 5.69 Å². The maximum absolute atomic E-state index is 4.98. The molecular formula is C10H13NOS. The summed E-state index contributed by atoms with van der Waals surface area (Å²) in [5.74, 6) is 0.416. The van der Waals surface area contributed by atoms with E-state index >= 15 is 0 Å². The minimum Gasteiger partial charge on any atom is -0.485 e. The van der Waals surface area contributed by atoms with E-state index in [-0.39, 0.29) is 0 Å². The molecule has 0 atom stereocenters. The average Bonchev–Trinajstić information content (AvgIpc) is 2.17. The number of thiocarbonyl (C=S) groups is 1. The SMILES string of the molecule is COC(=S)c1cccc(C(C)C)n1. The fraction of sp³-hybridized carbons (Fsp3) is 0.400. The predicted molar refractivity (Wildman–Crippen MR) is 57.0 cm³/mol. The van der Waals surface area contributed by atoms with E-state index in [4.69, 9.17) is 17.0 Å². The van der Waals surface area contributed by atoms with E-state index in [2.05, 4.69) is 18.8 Å². The van der Waals surface area contributed by atoms with Crippen LogP contribution >= 0.6 is 12.2 Å². The van der Waals surface area contributed by atoms with Crippen LogP contribution in [0.5, 0.6) is 0 Å². The highest BCUT2D eigenvalue weighted by molar-refractivity contribution is 7.80. The molecule has 0 spiro atoms. The molecule has 0 unspecified atom stereocenters. The second-order valence-corrected chi connectivity index (χ2v) is 3.46. The van der Waals surface area contributed by atoms with Crippen molar-refractivity contribution in [2.24, 2.45) is 0 Å². The van der Waals surface area contributed by atoms with Crippen LogP contribution in [0.2, 0.25) is 0 Å². The minimum absolute atomic E-state index is 0.416. The molecule has 0 aliphatic carbocycles. The van der Waals surface area contributed by atoms with Crippen molar-refractivity contribution >= 4 is 17.3 Å². The summed E-state index contributed by atoms with van der Waals surface area (Å²) in [6.45, 7) is 4.20. The van der Waals surface area contributed by atoms with Gasteiger partial charge in [0.2, 0.25) is 5.05 Å². The number of aromatic nitrogens is 1. The van der Waals surface area contributed by atoms with Crippen molar-refractivity contribution in [1.29, 1.82) is 0 Å². The number of pyridine rings is 1. The first-order valence-corrected chi connectivity index (χ1v) is 4.61. The van der Waals surface area contributed by atoms with Crippen LogP contribution in [-0.4, -0.2) is 17.1 Å². The van der Waals surface area contributed by atoms with Gasteiger partial charge < -0.3 is 4.74 Å². The lowest BCUT2D eigenvalue weighted by atomic mass is 10.1. The van der Waals surface area contributed by atoms with E-state index in [1.54, 1.807) is 7.11 Å². The number of rotatable bonds is 2. The second-order valence-electron chi connectivity index (χ2n) is 3.09. The molecule has 0 fully saturated rings. The fourth-order valence-electron chi connectivity index (χ4n) is 0.991. The summed E-state index contributed by atoms with van der Waals surface area (Å²) >= 11 is 4.98. The van der Waals surface area contributed by atoms with Crippen molar-refractivity contribution in [3.63, 3.8) is 0 Å². The van der Waals surface area contributed by atoms with Crippen LogP contribution < -0.4 is 0 Å². The van der Waals surface area contributed by atoms with Crippen LogP contribution in [0.4, 0.5) is 0 Å². The molecule has 1 aromatic rings. The molecule has 0 bridgehead atoms. The zero-order chi connectivity index (χ0) is 9.84. The van der Waals surface area contributed by atoms with E-state index in [1.165, 1.54) is 0 Å². The zero-order valence-corrected chi connectivity index (χ0v) is 8.89. The van der Waals surface area contributed by atoms with Gasteiger partial charge in [-0.15, -0.1) is 0 Å². The normalized spacial score (nSPS) is 10.2. The summed E-state index contributed by atoms with van der Waals surface area (Å²) in [5.41, 5.74) is 1.78. The third-order valence-corrected chi connectivity index (χ3v) is 2.13. The molecular weight excluding hydrogens is 182 g/mol. The van der Waals surface area contributed by atoms with Crippen LogP contribution in [0.1, 0.15) is 31.2 Å².